The predicted octanol–water partition coefficient (Wildman–Crippen LogP) is 18.9. The number of ketones is 4. The number of halogens is 1. The number of para-hydroxylation sites is 2. The molecule has 11 atom stereocenters. The van der Waals surface area contributed by atoms with Crippen LogP contribution >= 0.6 is 11.6 Å². The number of hydrogen-bond acceptors (Lipinski definition) is 16. The van der Waals surface area contributed by atoms with Crippen LogP contribution in [0.25, 0.3) is 33.9 Å². The van der Waals surface area contributed by atoms with Gasteiger partial charge in [0.05, 0.1) is 70.9 Å². The Bertz CT molecular complexity index is 5460. The van der Waals surface area contributed by atoms with Gasteiger partial charge in [0.1, 0.15) is 29.2 Å². The fraction of sp³-hybridized carbons (Fsp3) is 0.495. The van der Waals surface area contributed by atoms with Crippen LogP contribution in [-0.2, 0) is 93.2 Å². The lowest BCUT2D eigenvalue weighted by Gasteiger charge is -2.31. The third-order valence-electron chi connectivity index (χ3n) is 27.2. The Morgan fingerprint density at radius 1 is 0.508 bits per heavy atom. The average Bonchev–Trinajstić information content (AvgIpc) is 1.63. The minimum atomic E-state index is 0.104. The molecular formula is C101H126ClN17O7. The number of ether oxygens (including phenoxy) is 3. The summed E-state index contributed by atoms with van der Waals surface area (Å²) < 4.78 is 32.0. The van der Waals surface area contributed by atoms with Gasteiger partial charge >= 0.3 is 0 Å². The molecule has 12 aromatic rings. The molecule has 2 aliphatic heterocycles. The molecule has 0 radical (unpaired) electrons. The van der Waals surface area contributed by atoms with E-state index in [-0.39, 0.29) is 11.9 Å². The van der Waals surface area contributed by atoms with Crippen molar-refractivity contribution in [1.29, 1.82) is 0 Å². The van der Waals surface area contributed by atoms with Crippen LogP contribution < -0.4 is 0 Å². The lowest BCUT2D eigenvalue weighted by atomic mass is 9.74. The minimum absolute atomic E-state index is 0.104. The Balaban J connectivity index is 0.000000131. The summed E-state index contributed by atoms with van der Waals surface area (Å²) in [6, 6.07) is 41.3. The molecule has 8 unspecified atom stereocenters. The molecule has 24 nitrogen and oxygen atoms in total. The number of hydrogen-bond donors (Lipinski definition) is 0. The van der Waals surface area contributed by atoms with Crippen molar-refractivity contribution in [1.82, 2.24) is 83.2 Å². The van der Waals surface area contributed by atoms with E-state index in [2.05, 4.69) is 89.1 Å². The maximum Gasteiger partial charge on any atom is 0.139 e. The van der Waals surface area contributed by atoms with Crippen LogP contribution in [-0.4, -0.2) is 140 Å². The van der Waals surface area contributed by atoms with Crippen LogP contribution in [0.2, 0.25) is 5.02 Å². The molecule has 0 N–H and O–H groups in total. The summed E-state index contributed by atoms with van der Waals surface area (Å²) in [5.41, 5.74) is 16.2. The normalized spacial score (nSPS) is 21.7. The number of rotatable bonds is 31. The fourth-order valence-electron chi connectivity index (χ4n) is 20.7. The number of nitrogens with zero attached hydrogens (tertiary/aromatic N) is 17. The van der Waals surface area contributed by atoms with Crippen molar-refractivity contribution >= 4 is 34.7 Å². The zero-order chi connectivity index (χ0) is 87.4. The predicted molar refractivity (Wildman–Crippen MR) is 488 cm³/mol. The highest BCUT2D eigenvalue weighted by Gasteiger charge is 2.38. The Labute approximate surface area is 746 Å². The zero-order valence-corrected chi connectivity index (χ0v) is 75.4. The molecule has 11 heterocycles. The van der Waals surface area contributed by atoms with Gasteiger partial charge < -0.3 is 14.2 Å². The Morgan fingerprint density at radius 3 is 1.60 bits per heavy atom. The first-order chi connectivity index (χ1) is 61.4. The van der Waals surface area contributed by atoms with Crippen molar-refractivity contribution < 1.29 is 33.4 Å². The number of carbonyl (C=O) groups is 4. The first kappa shape index (κ1) is 90.1. The number of Topliss-reactive ketones (excluding diaryl/α,β-unsaturated/α-hetero) is 4. The van der Waals surface area contributed by atoms with Crippen LogP contribution in [0.4, 0.5) is 0 Å². The van der Waals surface area contributed by atoms with Crippen molar-refractivity contribution in [2.24, 2.45) is 62.6 Å². The van der Waals surface area contributed by atoms with Gasteiger partial charge in [-0.3, -0.25) is 52.3 Å². The number of carbonyl (C=O) groups excluding carboxylic acids is 4. The largest absolute Gasteiger partial charge is 0.385 e. The summed E-state index contributed by atoms with van der Waals surface area (Å²) in [6.07, 6.45) is 44.8. The first-order valence-electron chi connectivity index (χ1n) is 46.1. The highest BCUT2D eigenvalue weighted by atomic mass is 35.5. The second kappa shape index (κ2) is 43.7. The molecule has 664 valence electrons. The molecule has 9 aromatic heterocycles. The summed E-state index contributed by atoms with van der Waals surface area (Å²) in [5, 5.41) is 37.2. The van der Waals surface area contributed by atoms with E-state index in [9.17, 15) is 19.2 Å². The molecule has 6 aliphatic rings. The van der Waals surface area contributed by atoms with Crippen molar-refractivity contribution in [3.05, 3.63) is 245 Å². The van der Waals surface area contributed by atoms with Crippen LogP contribution in [0, 0.1) is 62.2 Å². The van der Waals surface area contributed by atoms with Gasteiger partial charge in [-0.1, -0.05) is 98.7 Å². The molecular weight excluding hydrogens is 1600 g/mol. The van der Waals surface area contributed by atoms with Gasteiger partial charge in [0.25, 0.3) is 0 Å². The van der Waals surface area contributed by atoms with Crippen molar-refractivity contribution in [2.45, 2.75) is 225 Å². The van der Waals surface area contributed by atoms with Gasteiger partial charge in [-0.05, 0) is 241 Å². The van der Waals surface area contributed by atoms with Crippen LogP contribution in [0.5, 0.6) is 0 Å². The monoisotopic (exact) mass is 1720 g/mol. The van der Waals surface area contributed by atoms with Gasteiger partial charge in [0, 0.05) is 195 Å². The molecule has 3 aromatic carbocycles. The van der Waals surface area contributed by atoms with Crippen molar-refractivity contribution in [3.63, 3.8) is 0 Å². The van der Waals surface area contributed by atoms with E-state index in [0.717, 1.165) is 194 Å². The van der Waals surface area contributed by atoms with Crippen LogP contribution in [0.1, 0.15) is 222 Å². The van der Waals surface area contributed by atoms with E-state index in [1.807, 2.05) is 200 Å². The van der Waals surface area contributed by atoms with E-state index < -0.39 is 0 Å². The lowest BCUT2D eigenvalue weighted by Crippen LogP contribution is -2.26. The van der Waals surface area contributed by atoms with Crippen molar-refractivity contribution in [2.75, 3.05) is 33.5 Å². The van der Waals surface area contributed by atoms with Gasteiger partial charge in [-0.25, -0.2) is 9.36 Å². The molecule has 0 spiro atoms. The molecule has 4 aliphatic carbocycles. The third-order valence-corrected chi connectivity index (χ3v) is 27.5. The topological polar surface area (TPSA) is 251 Å². The lowest BCUT2D eigenvalue weighted by molar-refractivity contribution is -0.120. The van der Waals surface area contributed by atoms with E-state index in [4.69, 9.17) is 36.0 Å². The number of benzene rings is 3. The van der Waals surface area contributed by atoms with Crippen molar-refractivity contribution in [3.8, 4) is 33.9 Å². The van der Waals surface area contributed by atoms with Gasteiger partial charge in [0.15, 0.2) is 0 Å². The maximum absolute atomic E-state index is 13.7. The average molecular weight is 1730 g/mol. The molecule has 6 fully saturated rings. The highest BCUT2D eigenvalue weighted by molar-refractivity contribution is 6.30. The zero-order valence-electron chi connectivity index (χ0n) is 74.6. The van der Waals surface area contributed by atoms with Crippen LogP contribution in [0.3, 0.4) is 0 Å². The third kappa shape index (κ3) is 23.6. The number of methoxy groups -OCH3 is 1. The summed E-state index contributed by atoms with van der Waals surface area (Å²) in [4.78, 5) is 57.2. The Hall–Kier alpha value is -10.7. The summed E-state index contributed by atoms with van der Waals surface area (Å²) in [7, 11) is 7.49. The molecule has 4 saturated carbocycles. The van der Waals surface area contributed by atoms with Crippen LogP contribution in [0.15, 0.2) is 183 Å². The highest BCUT2D eigenvalue weighted by Crippen LogP contribution is 2.47. The van der Waals surface area contributed by atoms with E-state index in [1.54, 1.807) is 16.5 Å². The molecule has 0 bridgehead atoms. The summed E-state index contributed by atoms with van der Waals surface area (Å²) in [5.74, 6) is 4.70. The quantitative estimate of drug-likeness (QED) is 0.0391. The SMILES string of the molecule is COCC[C@@H]1C[C@@H](CC(=O)Cc2c(C)c(-c3cnn(C)c3)nn2-c2ccccc2)[C@H](c2ccnc(C)c2)C1.Cc1c(-c2cnn(C)c2)nn(-c2ccccc2)c1CC(=O)CC1CCCCC1Cc1ccc(Cl)cc1.Cn1nc(C2CCCO2)cc1CC(=O)CC1CCCCC1n1cccn1.O=C(Cc1ccnn1CC1CCOC1)CC1CCCCC1n1cccn1. The first-order valence-corrected chi connectivity index (χ1v) is 46.5. The fourth-order valence-corrected chi connectivity index (χ4v) is 20.8. The molecule has 0 amide bonds. The summed E-state index contributed by atoms with van der Waals surface area (Å²) >= 11 is 6.08. The maximum atomic E-state index is 13.7. The number of aromatic nitrogens is 17. The smallest absolute Gasteiger partial charge is 0.139 e. The van der Waals surface area contributed by atoms with Gasteiger partial charge in [-0.2, -0.15) is 40.8 Å². The number of pyridine rings is 1. The van der Waals surface area contributed by atoms with Gasteiger partial charge in [0.2, 0.25) is 0 Å². The minimum Gasteiger partial charge on any atom is -0.385 e. The molecule has 25 heteroatoms. The van der Waals surface area contributed by atoms with E-state index in [1.165, 1.54) is 56.1 Å². The Kier molecular flexibility index (Phi) is 31.3. The molecule has 2 saturated heterocycles. The standard InChI is InChI=1S/C31H37N5O2.C30H33ClN4O.2C20H28N4O2/c1-21-14-24(10-12-32-21)29-16-23(11-13-38-4)15-25(29)17-28(37)18-30-22(2)31(26-19-33-35(3)20-26)34-36(30)27-8-6-5-7-9-27;1-21-29(35(27-10-4-3-5-11-27)33-30(21)25-19-32-34(2)20-25)18-28(36)17-24-9-7-6-8-23(24)16-22-12-14-26(31)15-13-22;1-23-16(14-18(22-23)20-8-4-11-26-20)13-17(25)12-15-6-2-3-7-19(15)24-10-5-9-21-24;25-19(12-17-4-1-2-5-20(17)23-10-3-8-21-23)13-18-6-9-22-24(18)14-16-7-11-26-15-16/h5-10,12,14,19-20,23,25,29H,11,13,15-18H2,1-4H3;3-5,10-15,19-20,23-24H,6-9,16-18H2,1-2H3;5,9-10,14-15,19-20H,2-4,6-8,11-13H2,1H3;3,6,8-10,16-17,20H,1-2,4-5,7,11-15H2/t23-,25+,29+;;;/m1.../s1. The van der Waals surface area contributed by atoms with E-state index in [0.29, 0.717) is 128 Å². The molecule has 126 heavy (non-hydrogen) atoms. The summed E-state index contributed by atoms with van der Waals surface area (Å²) in [6.45, 7) is 10.3. The second-order valence-corrected chi connectivity index (χ2v) is 36.7. The number of aryl methyl sites for hydroxylation is 4. The Morgan fingerprint density at radius 2 is 1.06 bits per heavy atom. The van der Waals surface area contributed by atoms with E-state index >= 15 is 0 Å². The molecule has 18 rings (SSSR count). The van der Waals surface area contributed by atoms with Gasteiger partial charge in [-0.15, -0.1) is 0 Å². The second-order valence-electron chi connectivity index (χ2n) is 36.3.